The summed E-state index contributed by atoms with van der Waals surface area (Å²) < 4.78 is 0. The third kappa shape index (κ3) is 0.929. The first kappa shape index (κ1) is 7.03. The van der Waals surface area contributed by atoms with Crippen molar-refractivity contribution < 1.29 is 0 Å². The van der Waals surface area contributed by atoms with E-state index in [1.807, 2.05) is 0 Å². The second-order valence-electron chi connectivity index (χ2n) is 3.43. The molecule has 0 saturated carbocycles. The molecule has 62 valence electrons. The topological polar surface area (TPSA) is 35.9 Å². The molecule has 11 heavy (non-hydrogen) atoms. The van der Waals surface area contributed by atoms with E-state index < -0.39 is 0 Å². The van der Waals surface area contributed by atoms with Crippen LogP contribution in [0.2, 0.25) is 0 Å². The Bertz CT molecular complexity index is 163. The number of hydrogen-bond donors (Lipinski definition) is 0. The Balaban J connectivity index is 2.16. The van der Waals surface area contributed by atoms with Gasteiger partial charge >= 0.3 is 0 Å². The van der Waals surface area contributed by atoms with Crippen molar-refractivity contribution in [1.29, 1.82) is 0 Å². The standard InChI is InChI=1S/C7H13N3O/c1-6-7-2-4-9(5-3-7)10(6)8-11/h6-7H,2-5H2,1H3. The van der Waals surface area contributed by atoms with Gasteiger partial charge in [-0.05, 0) is 25.7 Å². The van der Waals surface area contributed by atoms with Crippen molar-refractivity contribution in [1.82, 2.24) is 10.1 Å². The number of nitroso groups, excluding NO2 is 1. The third-order valence-corrected chi connectivity index (χ3v) is 2.94. The minimum Gasteiger partial charge on any atom is -0.202 e. The molecule has 0 aromatic carbocycles. The highest BCUT2D eigenvalue weighted by atomic mass is 16.3. The molecule has 0 amide bonds. The van der Waals surface area contributed by atoms with Crippen LogP contribution in [0.25, 0.3) is 0 Å². The van der Waals surface area contributed by atoms with E-state index in [4.69, 9.17) is 0 Å². The average Bonchev–Trinajstić information content (AvgIpc) is 2.06. The predicted molar refractivity (Wildman–Crippen MR) is 41.4 cm³/mol. The summed E-state index contributed by atoms with van der Waals surface area (Å²) in [4.78, 5) is 10.4. The molecule has 3 fully saturated rings. The first-order valence-corrected chi connectivity index (χ1v) is 4.20. The number of hydrazine groups is 1. The van der Waals surface area contributed by atoms with Crippen molar-refractivity contribution >= 4 is 0 Å². The molecule has 1 unspecified atom stereocenters. The van der Waals surface area contributed by atoms with E-state index in [1.54, 1.807) is 5.12 Å². The Morgan fingerprint density at radius 1 is 1.36 bits per heavy atom. The molecule has 3 aliphatic rings. The summed E-state index contributed by atoms with van der Waals surface area (Å²) in [5.74, 6) is 0.692. The fourth-order valence-corrected chi connectivity index (χ4v) is 2.15. The van der Waals surface area contributed by atoms with Crippen molar-refractivity contribution in [3.8, 4) is 0 Å². The molecule has 4 nitrogen and oxygen atoms in total. The summed E-state index contributed by atoms with van der Waals surface area (Å²) >= 11 is 0. The second-order valence-corrected chi connectivity index (χ2v) is 3.43. The smallest absolute Gasteiger partial charge is 0.0688 e. The van der Waals surface area contributed by atoms with Gasteiger partial charge < -0.3 is 0 Å². The highest BCUT2D eigenvalue weighted by molar-refractivity contribution is 4.84. The molecule has 3 rings (SSSR count). The van der Waals surface area contributed by atoms with E-state index in [0.29, 0.717) is 12.0 Å². The number of fused-ring (bicyclic) bond motifs is 3. The maximum Gasteiger partial charge on any atom is 0.0688 e. The second kappa shape index (κ2) is 2.44. The molecule has 4 heteroatoms. The summed E-state index contributed by atoms with van der Waals surface area (Å²) in [5.41, 5.74) is 0. The van der Waals surface area contributed by atoms with Crippen molar-refractivity contribution in [2.45, 2.75) is 25.8 Å². The van der Waals surface area contributed by atoms with Crippen LogP contribution in [-0.4, -0.2) is 29.3 Å². The van der Waals surface area contributed by atoms with Crippen molar-refractivity contribution in [3.05, 3.63) is 4.91 Å². The van der Waals surface area contributed by atoms with E-state index in [-0.39, 0.29) is 0 Å². The van der Waals surface area contributed by atoms with E-state index in [9.17, 15) is 4.91 Å². The molecule has 1 atom stereocenters. The summed E-state index contributed by atoms with van der Waals surface area (Å²) in [7, 11) is 0. The van der Waals surface area contributed by atoms with Gasteiger partial charge in [-0.3, -0.25) is 0 Å². The highest BCUT2D eigenvalue weighted by Gasteiger charge is 2.38. The monoisotopic (exact) mass is 155 g/mol. The first-order valence-electron chi connectivity index (χ1n) is 4.20. The van der Waals surface area contributed by atoms with Crippen molar-refractivity contribution in [2.24, 2.45) is 11.2 Å². The zero-order valence-corrected chi connectivity index (χ0v) is 6.73. The number of hydrogen-bond acceptors (Lipinski definition) is 3. The van der Waals surface area contributed by atoms with Gasteiger partial charge in [0.25, 0.3) is 0 Å². The fourth-order valence-electron chi connectivity index (χ4n) is 2.15. The van der Waals surface area contributed by atoms with Gasteiger partial charge in [0.2, 0.25) is 0 Å². The van der Waals surface area contributed by atoms with Crippen molar-refractivity contribution in [3.63, 3.8) is 0 Å². The van der Waals surface area contributed by atoms with Gasteiger partial charge in [0.15, 0.2) is 0 Å². The SMILES string of the molecule is CC1C2CCN(CC2)N1N=O. The Morgan fingerprint density at radius 3 is 2.36 bits per heavy atom. The number of nitrogens with zero attached hydrogens (tertiary/aromatic N) is 3. The molecule has 0 aromatic rings. The number of rotatable bonds is 1. The molecule has 2 bridgehead atoms. The lowest BCUT2D eigenvalue weighted by Gasteiger charge is -2.48. The lowest BCUT2D eigenvalue weighted by Crippen LogP contribution is -2.57. The van der Waals surface area contributed by atoms with E-state index in [1.165, 1.54) is 12.8 Å². The number of piperidine rings is 1. The highest BCUT2D eigenvalue weighted by Crippen LogP contribution is 2.32. The first-order chi connectivity index (χ1) is 5.33. The predicted octanol–water partition coefficient (Wildman–Crippen LogP) is 0.999. The summed E-state index contributed by atoms with van der Waals surface area (Å²) in [6.45, 7) is 4.11. The van der Waals surface area contributed by atoms with Crippen LogP contribution in [0.4, 0.5) is 0 Å². The fraction of sp³-hybridized carbons (Fsp3) is 1.00. The van der Waals surface area contributed by atoms with Crippen LogP contribution in [0.3, 0.4) is 0 Å². The van der Waals surface area contributed by atoms with E-state index in [0.717, 1.165) is 13.1 Å². The molecule has 0 aliphatic carbocycles. The van der Waals surface area contributed by atoms with Gasteiger partial charge in [0.05, 0.1) is 11.3 Å². The molecule has 3 saturated heterocycles. The molecule has 3 heterocycles. The molecule has 0 spiro atoms. The molecular formula is C7H13N3O. The van der Waals surface area contributed by atoms with Crippen LogP contribution in [0, 0.1) is 10.8 Å². The molecule has 0 N–H and O–H groups in total. The molecule has 0 radical (unpaired) electrons. The minimum atomic E-state index is 0.329. The van der Waals surface area contributed by atoms with Gasteiger partial charge in [-0.15, -0.1) is 4.91 Å². The zero-order chi connectivity index (χ0) is 7.84. The van der Waals surface area contributed by atoms with Gasteiger partial charge in [-0.2, -0.15) is 5.12 Å². The summed E-state index contributed by atoms with van der Waals surface area (Å²) in [5, 5.41) is 6.68. The Kier molecular flexibility index (Phi) is 1.56. The average molecular weight is 155 g/mol. The van der Waals surface area contributed by atoms with E-state index >= 15 is 0 Å². The lowest BCUT2D eigenvalue weighted by atomic mass is 9.88. The maximum absolute atomic E-state index is 10.4. The summed E-state index contributed by atoms with van der Waals surface area (Å²) in [6, 6.07) is 0.329. The maximum atomic E-state index is 10.4. The van der Waals surface area contributed by atoms with Crippen LogP contribution < -0.4 is 0 Å². The van der Waals surface area contributed by atoms with Crippen LogP contribution in [0.15, 0.2) is 5.29 Å². The quantitative estimate of drug-likeness (QED) is 0.530. The molecular weight excluding hydrogens is 142 g/mol. The van der Waals surface area contributed by atoms with Gasteiger partial charge in [-0.1, -0.05) is 0 Å². The Labute approximate surface area is 66.1 Å². The normalized spacial score (nSPS) is 42.6. The van der Waals surface area contributed by atoms with Crippen LogP contribution in [-0.2, 0) is 0 Å². The van der Waals surface area contributed by atoms with Gasteiger partial charge in [0.1, 0.15) is 0 Å². The van der Waals surface area contributed by atoms with Crippen molar-refractivity contribution in [2.75, 3.05) is 13.1 Å². The third-order valence-electron chi connectivity index (χ3n) is 2.94. The zero-order valence-electron chi connectivity index (χ0n) is 6.73. The Hall–Kier alpha value is -0.640. The lowest BCUT2D eigenvalue weighted by molar-refractivity contribution is -0.147. The van der Waals surface area contributed by atoms with Gasteiger partial charge in [0, 0.05) is 13.1 Å². The minimum absolute atomic E-state index is 0.329. The Morgan fingerprint density at radius 2 is 2.00 bits per heavy atom. The largest absolute Gasteiger partial charge is 0.202 e. The van der Waals surface area contributed by atoms with Crippen LogP contribution >= 0.6 is 0 Å². The molecule has 0 aromatic heterocycles. The van der Waals surface area contributed by atoms with Crippen LogP contribution in [0.1, 0.15) is 19.8 Å². The van der Waals surface area contributed by atoms with E-state index in [2.05, 4.69) is 17.2 Å². The van der Waals surface area contributed by atoms with Gasteiger partial charge in [-0.25, -0.2) is 5.01 Å². The summed E-state index contributed by atoms with van der Waals surface area (Å²) in [6.07, 6.45) is 2.46. The van der Waals surface area contributed by atoms with Crippen LogP contribution in [0.5, 0.6) is 0 Å². The molecule has 3 aliphatic heterocycles.